The van der Waals surface area contributed by atoms with Crippen molar-refractivity contribution in [3.8, 4) is 0 Å². The first-order valence-corrected chi connectivity index (χ1v) is 7.91. The summed E-state index contributed by atoms with van der Waals surface area (Å²) in [5.41, 5.74) is 3.15. The van der Waals surface area contributed by atoms with Crippen LogP contribution in [0.25, 0.3) is 0 Å². The van der Waals surface area contributed by atoms with Gasteiger partial charge in [-0.25, -0.2) is 0 Å². The van der Waals surface area contributed by atoms with E-state index in [2.05, 4.69) is 34.5 Å². The molecule has 1 aromatic rings. The molecule has 1 saturated heterocycles. The quantitative estimate of drug-likeness (QED) is 0.892. The van der Waals surface area contributed by atoms with E-state index in [1.807, 2.05) is 0 Å². The van der Waals surface area contributed by atoms with Crippen molar-refractivity contribution in [3.63, 3.8) is 0 Å². The molecule has 0 aliphatic carbocycles. The second-order valence-electron chi connectivity index (χ2n) is 6.11. The van der Waals surface area contributed by atoms with Crippen LogP contribution in [0.15, 0.2) is 24.3 Å². The molecule has 19 heavy (non-hydrogen) atoms. The molecular weight excluding hydrogens is 232 g/mol. The molecule has 104 valence electrons. The van der Waals surface area contributed by atoms with Crippen LogP contribution in [0.5, 0.6) is 0 Å². The van der Waals surface area contributed by atoms with Crippen LogP contribution in [0.2, 0.25) is 0 Å². The highest BCUT2D eigenvalue weighted by molar-refractivity contribution is 5.28. The molecule has 1 unspecified atom stereocenters. The van der Waals surface area contributed by atoms with E-state index in [1.54, 1.807) is 11.1 Å². The Labute approximate surface area is 117 Å². The standard InChI is InChI=1S/C17H26N2/c1-2-6-17-9-13-19(12-8-16(17)5-1)11-3-4-15-7-10-18-14-15/h1-2,5-6,15,18H,3-4,7-14H2. The maximum Gasteiger partial charge on any atom is 0.00221 e. The lowest BCUT2D eigenvalue weighted by Gasteiger charge is -2.20. The molecule has 1 atom stereocenters. The van der Waals surface area contributed by atoms with Crippen LogP contribution < -0.4 is 5.32 Å². The molecule has 3 rings (SSSR count). The van der Waals surface area contributed by atoms with Gasteiger partial charge in [-0.05, 0) is 68.8 Å². The molecule has 0 amide bonds. The van der Waals surface area contributed by atoms with E-state index >= 15 is 0 Å². The van der Waals surface area contributed by atoms with Crippen molar-refractivity contribution in [1.29, 1.82) is 0 Å². The zero-order valence-corrected chi connectivity index (χ0v) is 11.9. The third-order valence-electron chi connectivity index (χ3n) is 4.76. The molecule has 0 spiro atoms. The Hall–Kier alpha value is -0.860. The molecule has 2 nitrogen and oxygen atoms in total. The van der Waals surface area contributed by atoms with Crippen molar-refractivity contribution in [3.05, 3.63) is 35.4 Å². The molecule has 2 heterocycles. The van der Waals surface area contributed by atoms with Crippen molar-refractivity contribution >= 4 is 0 Å². The van der Waals surface area contributed by atoms with Crippen molar-refractivity contribution in [2.45, 2.75) is 32.1 Å². The highest BCUT2D eigenvalue weighted by atomic mass is 15.1. The van der Waals surface area contributed by atoms with Crippen LogP contribution in [-0.2, 0) is 12.8 Å². The van der Waals surface area contributed by atoms with Gasteiger partial charge >= 0.3 is 0 Å². The summed E-state index contributed by atoms with van der Waals surface area (Å²) in [5, 5.41) is 3.47. The van der Waals surface area contributed by atoms with Gasteiger partial charge in [0.2, 0.25) is 0 Å². The largest absolute Gasteiger partial charge is 0.316 e. The highest BCUT2D eigenvalue weighted by Crippen LogP contribution is 2.18. The van der Waals surface area contributed by atoms with E-state index in [0.717, 1.165) is 5.92 Å². The molecule has 0 radical (unpaired) electrons. The Bertz CT molecular complexity index is 369. The summed E-state index contributed by atoms with van der Waals surface area (Å²) >= 11 is 0. The van der Waals surface area contributed by atoms with Gasteiger partial charge in [0.05, 0.1) is 0 Å². The van der Waals surface area contributed by atoms with Crippen LogP contribution in [0.4, 0.5) is 0 Å². The number of rotatable bonds is 4. The van der Waals surface area contributed by atoms with Gasteiger partial charge in [0.25, 0.3) is 0 Å². The molecular formula is C17H26N2. The minimum absolute atomic E-state index is 0.948. The van der Waals surface area contributed by atoms with Gasteiger partial charge in [-0.3, -0.25) is 0 Å². The van der Waals surface area contributed by atoms with E-state index in [1.165, 1.54) is 64.8 Å². The first kappa shape index (κ1) is 13.1. The monoisotopic (exact) mass is 258 g/mol. The summed E-state index contributed by atoms with van der Waals surface area (Å²) in [4.78, 5) is 2.67. The van der Waals surface area contributed by atoms with Crippen LogP contribution in [0, 0.1) is 5.92 Å². The Balaban J connectivity index is 1.43. The topological polar surface area (TPSA) is 15.3 Å². The maximum absolute atomic E-state index is 3.47. The SMILES string of the molecule is c1ccc2c(c1)CCN(CCCC1CCNC1)CC2. The molecule has 0 saturated carbocycles. The van der Waals surface area contributed by atoms with E-state index < -0.39 is 0 Å². The van der Waals surface area contributed by atoms with Crippen molar-refractivity contribution in [2.24, 2.45) is 5.92 Å². The Morgan fingerprint density at radius 1 is 1.11 bits per heavy atom. The minimum Gasteiger partial charge on any atom is -0.316 e. The van der Waals surface area contributed by atoms with E-state index in [-0.39, 0.29) is 0 Å². The smallest absolute Gasteiger partial charge is 0.00221 e. The fourth-order valence-corrected chi connectivity index (χ4v) is 3.50. The van der Waals surface area contributed by atoms with Crippen LogP contribution in [0.1, 0.15) is 30.4 Å². The number of benzene rings is 1. The molecule has 0 bridgehead atoms. The average molecular weight is 258 g/mol. The lowest BCUT2D eigenvalue weighted by atomic mass is 10.0. The minimum atomic E-state index is 0.948. The second kappa shape index (κ2) is 6.53. The van der Waals surface area contributed by atoms with E-state index in [0.29, 0.717) is 0 Å². The van der Waals surface area contributed by atoms with Gasteiger partial charge in [-0.2, -0.15) is 0 Å². The summed E-state index contributed by atoms with van der Waals surface area (Å²) in [7, 11) is 0. The second-order valence-corrected chi connectivity index (χ2v) is 6.11. The normalized spacial score (nSPS) is 24.1. The number of fused-ring (bicyclic) bond motifs is 1. The number of nitrogens with zero attached hydrogens (tertiary/aromatic N) is 1. The van der Waals surface area contributed by atoms with Gasteiger partial charge in [-0.15, -0.1) is 0 Å². The lowest BCUT2D eigenvalue weighted by Crippen LogP contribution is -2.28. The third kappa shape index (κ3) is 3.58. The van der Waals surface area contributed by atoms with Crippen molar-refractivity contribution in [2.75, 3.05) is 32.7 Å². The summed E-state index contributed by atoms with van der Waals surface area (Å²) in [6, 6.07) is 8.98. The molecule has 2 heteroatoms. The lowest BCUT2D eigenvalue weighted by molar-refractivity contribution is 0.274. The number of hydrogen-bond donors (Lipinski definition) is 1. The fourth-order valence-electron chi connectivity index (χ4n) is 3.50. The molecule has 2 aliphatic rings. The third-order valence-corrected chi connectivity index (χ3v) is 4.76. The summed E-state index contributed by atoms with van der Waals surface area (Å²) < 4.78 is 0. The van der Waals surface area contributed by atoms with Crippen LogP contribution >= 0.6 is 0 Å². The Kier molecular flexibility index (Phi) is 4.52. The summed E-state index contributed by atoms with van der Waals surface area (Å²) in [6.07, 6.45) is 6.66. The maximum atomic E-state index is 3.47. The van der Waals surface area contributed by atoms with Gasteiger partial charge in [0, 0.05) is 13.1 Å². The van der Waals surface area contributed by atoms with E-state index in [9.17, 15) is 0 Å². The van der Waals surface area contributed by atoms with Gasteiger partial charge in [-0.1, -0.05) is 24.3 Å². The molecule has 1 fully saturated rings. The molecule has 0 aromatic heterocycles. The predicted octanol–water partition coefficient (Wildman–Crippen LogP) is 2.48. The highest BCUT2D eigenvalue weighted by Gasteiger charge is 2.16. The van der Waals surface area contributed by atoms with Crippen LogP contribution in [0.3, 0.4) is 0 Å². The summed E-state index contributed by atoms with van der Waals surface area (Å²) in [6.45, 7) is 6.29. The summed E-state index contributed by atoms with van der Waals surface area (Å²) in [5.74, 6) is 0.948. The van der Waals surface area contributed by atoms with Crippen molar-refractivity contribution in [1.82, 2.24) is 10.2 Å². The molecule has 2 aliphatic heterocycles. The van der Waals surface area contributed by atoms with E-state index in [4.69, 9.17) is 0 Å². The number of nitrogens with one attached hydrogen (secondary N) is 1. The molecule has 1 N–H and O–H groups in total. The van der Waals surface area contributed by atoms with Crippen LogP contribution in [-0.4, -0.2) is 37.6 Å². The first-order chi connectivity index (χ1) is 9.42. The first-order valence-electron chi connectivity index (χ1n) is 7.91. The van der Waals surface area contributed by atoms with Gasteiger partial charge in [0.15, 0.2) is 0 Å². The zero-order valence-electron chi connectivity index (χ0n) is 11.9. The van der Waals surface area contributed by atoms with Gasteiger partial charge < -0.3 is 10.2 Å². The number of hydrogen-bond acceptors (Lipinski definition) is 2. The predicted molar refractivity (Wildman–Crippen MR) is 80.5 cm³/mol. The van der Waals surface area contributed by atoms with Crippen molar-refractivity contribution < 1.29 is 0 Å². The Morgan fingerprint density at radius 2 is 1.84 bits per heavy atom. The zero-order chi connectivity index (χ0) is 12.9. The average Bonchev–Trinajstić information content (AvgIpc) is 2.87. The molecule has 1 aromatic carbocycles. The van der Waals surface area contributed by atoms with Gasteiger partial charge in [0.1, 0.15) is 0 Å². The Morgan fingerprint density at radius 3 is 2.47 bits per heavy atom. The fraction of sp³-hybridized carbons (Fsp3) is 0.647.